The quantitative estimate of drug-likeness (QED) is 0.150. The Balaban J connectivity index is 1.78. The van der Waals surface area contributed by atoms with Crippen LogP contribution in [0.5, 0.6) is 5.75 Å². The van der Waals surface area contributed by atoms with Crippen LogP contribution in [0.2, 0.25) is 10.0 Å². The maximum absolute atomic E-state index is 14.5. The van der Waals surface area contributed by atoms with Crippen molar-refractivity contribution in [3.63, 3.8) is 0 Å². The number of nitrogens with zero attached hydrogens (tertiary/aromatic N) is 2. The highest BCUT2D eigenvalue weighted by atomic mass is 35.5. The van der Waals surface area contributed by atoms with E-state index in [9.17, 15) is 18.0 Å². The van der Waals surface area contributed by atoms with E-state index in [1.807, 2.05) is 44.2 Å². The molecular formula is C35H37Cl2N3O5S. The molecule has 0 fully saturated rings. The number of amides is 2. The molecular weight excluding hydrogens is 645 g/mol. The Morgan fingerprint density at radius 2 is 1.48 bits per heavy atom. The third-order valence-corrected chi connectivity index (χ3v) is 9.73. The molecule has 46 heavy (non-hydrogen) atoms. The van der Waals surface area contributed by atoms with E-state index in [0.717, 1.165) is 9.87 Å². The minimum atomic E-state index is -4.23. The van der Waals surface area contributed by atoms with Crippen LogP contribution in [0.25, 0.3) is 0 Å². The zero-order chi connectivity index (χ0) is 33.1. The van der Waals surface area contributed by atoms with Gasteiger partial charge in [-0.3, -0.25) is 13.9 Å². The first-order valence-corrected chi connectivity index (χ1v) is 17.2. The van der Waals surface area contributed by atoms with Gasteiger partial charge in [0.15, 0.2) is 0 Å². The lowest BCUT2D eigenvalue weighted by Gasteiger charge is -2.34. The van der Waals surface area contributed by atoms with Gasteiger partial charge >= 0.3 is 0 Å². The standard InChI is InChI=1S/C35H37Cl2N3O5S/c1-3-21-38-35(42)33(23-26-11-7-5-8-12-26)39(24-27-15-20-31(36)32(37)22-27)34(41)25-40(28-13-9-6-10-14-28)46(43,44)30-18-16-29(17-19-30)45-4-2/h5-20,22,33H,3-4,21,23-25H2,1-2H3,(H,38,42)/t33-/m0/s1. The van der Waals surface area contributed by atoms with Gasteiger partial charge in [-0.05, 0) is 73.0 Å². The Bertz CT molecular complexity index is 1710. The fraction of sp³-hybridized carbons (Fsp3) is 0.257. The molecule has 242 valence electrons. The molecule has 0 aromatic heterocycles. The lowest BCUT2D eigenvalue weighted by atomic mass is 10.0. The molecule has 0 bridgehead atoms. The highest BCUT2D eigenvalue weighted by Crippen LogP contribution is 2.27. The summed E-state index contributed by atoms with van der Waals surface area (Å²) in [5.74, 6) is -0.393. The smallest absolute Gasteiger partial charge is 0.264 e. The summed E-state index contributed by atoms with van der Waals surface area (Å²) in [6, 6.07) is 27.9. The summed E-state index contributed by atoms with van der Waals surface area (Å²) < 4.78 is 34.8. The molecule has 0 saturated carbocycles. The molecule has 0 aliphatic rings. The third kappa shape index (κ3) is 9.02. The third-order valence-electron chi connectivity index (χ3n) is 7.20. The molecule has 0 saturated heterocycles. The van der Waals surface area contributed by atoms with Gasteiger partial charge in [0.1, 0.15) is 18.3 Å². The minimum absolute atomic E-state index is 0.00911. The SMILES string of the molecule is CCCNC(=O)[C@H](Cc1ccccc1)N(Cc1ccc(Cl)c(Cl)c1)C(=O)CN(c1ccccc1)S(=O)(=O)c1ccc(OCC)cc1. The van der Waals surface area contributed by atoms with Crippen molar-refractivity contribution < 1.29 is 22.7 Å². The molecule has 2 amide bonds. The summed E-state index contributed by atoms with van der Waals surface area (Å²) >= 11 is 12.5. The number of halogens is 2. The van der Waals surface area contributed by atoms with Crippen LogP contribution in [0.1, 0.15) is 31.4 Å². The fourth-order valence-corrected chi connectivity index (χ4v) is 6.61. The topological polar surface area (TPSA) is 96.0 Å². The number of carbonyl (C=O) groups excluding carboxylic acids is 2. The number of benzene rings is 4. The van der Waals surface area contributed by atoms with E-state index in [0.29, 0.717) is 46.6 Å². The number of nitrogens with one attached hydrogen (secondary N) is 1. The van der Waals surface area contributed by atoms with E-state index in [1.54, 1.807) is 60.7 Å². The molecule has 0 aliphatic heterocycles. The first kappa shape index (κ1) is 34.8. The molecule has 11 heteroatoms. The second-order valence-corrected chi connectivity index (χ2v) is 13.2. The average Bonchev–Trinajstić information content (AvgIpc) is 3.06. The van der Waals surface area contributed by atoms with Gasteiger partial charge in [0.05, 0.1) is 27.2 Å². The first-order valence-electron chi connectivity index (χ1n) is 15.0. The summed E-state index contributed by atoms with van der Waals surface area (Å²) in [4.78, 5) is 29.6. The highest BCUT2D eigenvalue weighted by Gasteiger charge is 2.34. The van der Waals surface area contributed by atoms with Gasteiger partial charge in [0.2, 0.25) is 11.8 Å². The van der Waals surface area contributed by atoms with Crippen molar-refractivity contribution in [3.8, 4) is 5.75 Å². The van der Waals surface area contributed by atoms with Crippen LogP contribution >= 0.6 is 23.2 Å². The number of anilines is 1. The molecule has 0 aliphatic carbocycles. The van der Waals surface area contributed by atoms with Crippen molar-refractivity contribution in [1.82, 2.24) is 10.2 Å². The molecule has 0 heterocycles. The predicted molar refractivity (Wildman–Crippen MR) is 183 cm³/mol. The van der Waals surface area contributed by atoms with Crippen LogP contribution in [0.4, 0.5) is 5.69 Å². The Hall–Kier alpha value is -4.05. The van der Waals surface area contributed by atoms with E-state index in [1.165, 1.54) is 17.0 Å². The minimum Gasteiger partial charge on any atom is -0.494 e. The molecule has 0 radical (unpaired) electrons. The normalized spacial score (nSPS) is 11.8. The molecule has 8 nitrogen and oxygen atoms in total. The number of para-hydroxylation sites is 1. The zero-order valence-electron chi connectivity index (χ0n) is 25.7. The summed E-state index contributed by atoms with van der Waals surface area (Å²) in [5, 5.41) is 3.57. The van der Waals surface area contributed by atoms with Crippen molar-refractivity contribution >= 4 is 50.7 Å². The number of sulfonamides is 1. The van der Waals surface area contributed by atoms with E-state index in [2.05, 4.69) is 5.32 Å². The summed E-state index contributed by atoms with van der Waals surface area (Å²) in [6.45, 7) is 4.05. The molecule has 1 atom stereocenters. The average molecular weight is 683 g/mol. The second kappa shape index (κ2) is 16.5. The first-order chi connectivity index (χ1) is 22.1. The maximum atomic E-state index is 14.5. The van der Waals surface area contributed by atoms with Crippen molar-refractivity contribution in [2.45, 2.75) is 44.2 Å². The van der Waals surface area contributed by atoms with Gasteiger partial charge < -0.3 is 15.0 Å². The number of ether oxygens (including phenoxy) is 1. The van der Waals surface area contributed by atoms with Crippen LogP contribution < -0.4 is 14.4 Å². The summed E-state index contributed by atoms with van der Waals surface area (Å²) in [6.07, 6.45) is 0.910. The maximum Gasteiger partial charge on any atom is 0.264 e. The zero-order valence-corrected chi connectivity index (χ0v) is 28.1. The predicted octanol–water partition coefficient (Wildman–Crippen LogP) is 6.75. The van der Waals surface area contributed by atoms with Crippen molar-refractivity contribution in [1.29, 1.82) is 0 Å². The van der Waals surface area contributed by atoms with Gasteiger partial charge in [-0.2, -0.15) is 0 Å². The Morgan fingerprint density at radius 1 is 0.826 bits per heavy atom. The van der Waals surface area contributed by atoms with E-state index >= 15 is 0 Å². The van der Waals surface area contributed by atoms with Gasteiger partial charge in [0, 0.05) is 19.5 Å². The van der Waals surface area contributed by atoms with Crippen LogP contribution in [0.3, 0.4) is 0 Å². The molecule has 0 spiro atoms. The van der Waals surface area contributed by atoms with Crippen molar-refractivity contribution in [3.05, 3.63) is 124 Å². The van der Waals surface area contributed by atoms with Gasteiger partial charge in [-0.1, -0.05) is 84.7 Å². The molecule has 4 aromatic carbocycles. The lowest BCUT2D eigenvalue weighted by molar-refractivity contribution is -0.140. The van der Waals surface area contributed by atoms with E-state index < -0.39 is 28.5 Å². The Labute approximate surface area is 280 Å². The molecule has 4 aromatic rings. The number of hydrogen-bond donors (Lipinski definition) is 1. The van der Waals surface area contributed by atoms with Crippen LogP contribution in [-0.4, -0.2) is 50.9 Å². The molecule has 4 rings (SSSR count). The highest BCUT2D eigenvalue weighted by molar-refractivity contribution is 7.92. The van der Waals surface area contributed by atoms with Crippen molar-refractivity contribution in [2.24, 2.45) is 0 Å². The van der Waals surface area contributed by atoms with E-state index in [4.69, 9.17) is 27.9 Å². The molecule has 0 unspecified atom stereocenters. The lowest BCUT2D eigenvalue weighted by Crippen LogP contribution is -2.53. The number of hydrogen-bond acceptors (Lipinski definition) is 5. The van der Waals surface area contributed by atoms with Gasteiger partial charge in [-0.25, -0.2) is 8.42 Å². The number of rotatable bonds is 15. The van der Waals surface area contributed by atoms with Crippen LogP contribution in [0.15, 0.2) is 108 Å². The van der Waals surface area contributed by atoms with Crippen LogP contribution in [0, 0.1) is 0 Å². The summed E-state index contributed by atoms with van der Waals surface area (Å²) in [5.41, 5.74) is 1.77. The van der Waals surface area contributed by atoms with Crippen molar-refractivity contribution in [2.75, 3.05) is 24.0 Å². The van der Waals surface area contributed by atoms with Gasteiger partial charge in [0.25, 0.3) is 10.0 Å². The van der Waals surface area contributed by atoms with E-state index in [-0.39, 0.29) is 23.8 Å². The fourth-order valence-electron chi connectivity index (χ4n) is 4.88. The van der Waals surface area contributed by atoms with Crippen LogP contribution in [-0.2, 0) is 32.6 Å². The monoisotopic (exact) mass is 681 g/mol. The summed E-state index contributed by atoms with van der Waals surface area (Å²) in [7, 11) is -4.23. The molecule has 1 N–H and O–H groups in total. The Morgan fingerprint density at radius 3 is 2.09 bits per heavy atom. The largest absolute Gasteiger partial charge is 0.494 e. The number of carbonyl (C=O) groups is 2. The second-order valence-electron chi connectivity index (χ2n) is 10.5. The van der Waals surface area contributed by atoms with Gasteiger partial charge in [-0.15, -0.1) is 0 Å². The Kier molecular flexibility index (Phi) is 12.5.